The summed E-state index contributed by atoms with van der Waals surface area (Å²) in [6, 6.07) is 13.5. The van der Waals surface area contributed by atoms with Crippen LogP contribution < -0.4 is 15.6 Å². The Balaban J connectivity index is 1.70. The zero-order chi connectivity index (χ0) is 19.3. The average Bonchev–Trinajstić information content (AvgIpc) is 3.21. The maximum absolute atomic E-state index is 12.7. The highest BCUT2D eigenvalue weighted by molar-refractivity contribution is 7.21. The molecule has 140 valence electrons. The lowest BCUT2D eigenvalue weighted by Crippen LogP contribution is -2.17. The number of anilines is 2. The van der Waals surface area contributed by atoms with E-state index >= 15 is 0 Å². The molecule has 2 aromatic rings. The normalized spacial score (nSPS) is 14.2. The quantitative estimate of drug-likeness (QED) is 0.406. The largest absolute Gasteiger partial charge is 0.371 e. The van der Waals surface area contributed by atoms with Crippen LogP contribution in [0.2, 0.25) is 0 Å². The van der Waals surface area contributed by atoms with E-state index in [1.807, 2.05) is 12.1 Å². The Hall–Kier alpha value is -2.99. The van der Waals surface area contributed by atoms with Gasteiger partial charge in [-0.15, -0.1) is 11.3 Å². The monoisotopic (exact) mass is 389 g/mol. The van der Waals surface area contributed by atoms with Gasteiger partial charge in [0.25, 0.3) is 0 Å². The fourth-order valence-electron chi connectivity index (χ4n) is 3.91. The topological polar surface area (TPSA) is 62.3 Å². The summed E-state index contributed by atoms with van der Waals surface area (Å²) in [6.07, 6.45) is 2.48. The van der Waals surface area contributed by atoms with E-state index in [1.165, 1.54) is 25.5 Å². The number of carbonyl (C=O) groups excluding carboxylic acids is 1. The molecule has 2 heterocycles. The highest BCUT2D eigenvalue weighted by Gasteiger charge is 2.17. The first-order valence-electron chi connectivity index (χ1n) is 9.42. The number of nitrogens with one attached hydrogen (secondary N) is 1. The summed E-state index contributed by atoms with van der Waals surface area (Å²) in [4.78, 5) is 32.2. The van der Waals surface area contributed by atoms with Gasteiger partial charge in [-0.1, -0.05) is 0 Å². The summed E-state index contributed by atoms with van der Waals surface area (Å²) in [5.41, 5.74) is 3.56. The highest BCUT2D eigenvalue weighted by atomic mass is 32.1. The molecule has 2 aliphatic heterocycles. The van der Waals surface area contributed by atoms with Gasteiger partial charge in [-0.3, -0.25) is 9.59 Å². The molecule has 6 heteroatoms. The number of rotatable bonds is 2. The lowest BCUT2D eigenvalue weighted by Gasteiger charge is -2.18. The molecule has 1 fully saturated rings. The summed E-state index contributed by atoms with van der Waals surface area (Å²) in [5.74, 6) is -0.160. The fourth-order valence-corrected chi connectivity index (χ4v) is 4.97. The van der Waals surface area contributed by atoms with Crippen molar-refractivity contribution in [1.29, 1.82) is 0 Å². The lowest BCUT2D eigenvalue weighted by atomic mass is 10.0. The summed E-state index contributed by atoms with van der Waals surface area (Å²) < 4.78 is 1.09. The average molecular weight is 389 g/mol. The Morgan fingerprint density at radius 1 is 1.07 bits per heavy atom. The number of benzene rings is 3. The molecule has 0 atom stereocenters. The highest BCUT2D eigenvalue weighted by Crippen LogP contribution is 2.36. The number of amides is 1. The van der Waals surface area contributed by atoms with Crippen molar-refractivity contribution < 1.29 is 4.79 Å². The first-order valence-corrected chi connectivity index (χ1v) is 10.2. The minimum absolute atomic E-state index is 0.0530. The van der Waals surface area contributed by atoms with Crippen LogP contribution in [0, 0.1) is 0 Å². The van der Waals surface area contributed by atoms with E-state index in [0.29, 0.717) is 11.1 Å². The number of hydrogen-bond acceptors (Lipinski definition) is 5. The van der Waals surface area contributed by atoms with Crippen molar-refractivity contribution in [3.05, 3.63) is 52.7 Å². The Bertz CT molecular complexity index is 1260. The van der Waals surface area contributed by atoms with Crippen LogP contribution in [0.3, 0.4) is 0 Å². The molecule has 5 rings (SSSR count). The molecule has 3 aliphatic rings. The van der Waals surface area contributed by atoms with Crippen LogP contribution >= 0.6 is 11.3 Å². The van der Waals surface area contributed by atoms with E-state index in [2.05, 4.69) is 28.4 Å². The molecule has 28 heavy (non-hydrogen) atoms. The minimum atomic E-state index is -0.160. The van der Waals surface area contributed by atoms with Crippen molar-refractivity contribution in [2.75, 3.05) is 23.3 Å². The van der Waals surface area contributed by atoms with E-state index in [1.54, 1.807) is 23.5 Å². The number of carbonyl (C=O) groups is 1. The van der Waals surface area contributed by atoms with Gasteiger partial charge in [-0.05, 0) is 49.2 Å². The molecular weight excluding hydrogens is 370 g/mol. The minimum Gasteiger partial charge on any atom is -0.371 e. The Kier molecular flexibility index (Phi) is 4.02. The molecule has 0 unspecified atom stereocenters. The molecule has 0 radical (unpaired) electrons. The summed E-state index contributed by atoms with van der Waals surface area (Å²) in [6.45, 7) is 3.65. The van der Waals surface area contributed by atoms with E-state index in [9.17, 15) is 9.59 Å². The molecule has 5 nitrogen and oxygen atoms in total. The lowest BCUT2D eigenvalue weighted by molar-refractivity contribution is -0.114. The van der Waals surface area contributed by atoms with Gasteiger partial charge < -0.3 is 10.2 Å². The second kappa shape index (κ2) is 6.56. The van der Waals surface area contributed by atoms with Crippen LogP contribution in [0.5, 0.6) is 0 Å². The van der Waals surface area contributed by atoms with Gasteiger partial charge >= 0.3 is 0 Å². The van der Waals surface area contributed by atoms with Gasteiger partial charge in [-0.2, -0.15) is 0 Å². The fraction of sp³-hybridized carbons (Fsp3) is 0.227. The van der Waals surface area contributed by atoms with Crippen molar-refractivity contribution in [2.45, 2.75) is 19.8 Å². The second-order valence-corrected chi connectivity index (χ2v) is 8.31. The van der Waals surface area contributed by atoms with Crippen LogP contribution in [0.4, 0.5) is 11.4 Å². The molecule has 2 aromatic carbocycles. The Labute approximate surface area is 166 Å². The summed E-state index contributed by atoms with van der Waals surface area (Å²) >= 11 is 1.61. The predicted octanol–water partition coefficient (Wildman–Crippen LogP) is 4.47. The van der Waals surface area contributed by atoms with Crippen molar-refractivity contribution >= 4 is 49.6 Å². The number of fused-ring (bicyclic) bond motifs is 4. The van der Waals surface area contributed by atoms with Crippen molar-refractivity contribution in [3.63, 3.8) is 0 Å². The zero-order valence-electron chi connectivity index (χ0n) is 15.5. The predicted molar refractivity (Wildman–Crippen MR) is 116 cm³/mol. The van der Waals surface area contributed by atoms with E-state index < -0.39 is 0 Å². The van der Waals surface area contributed by atoms with Gasteiger partial charge in [0.1, 0.15) is 0 Å². The third kappa shape index (κ3) is 2.90. The van der Waals surface area contributed by atoms with Gasteiger partial charge in [0, 0.05) is 48.2 Å². The molecule has 1 saturated heterocycles. The maximum Gasteiger partial charge on any atom is 0.221 e. The van der Waals surface area contributed by atoms with Gasteiger partial charge in [0.15, 0.2) is 5.43 Å². The number of aromatic nitrogens is 1. The van der Waals surface area contributed by atoms with Crippen molar-refractivity contribution in [3.8, 4) is 10.6 Å². The van der Waals surface area contributed by atoms with Gasteiger partial charge in [0.05, 0.1) is 20.8 Å². The third-order valence-corrected chi connectivity index (χ3v) is 6.30. The molecule has 0 bridgehead atoms. The molecular formula is C22H19N3O2S. The number of nitrogens with zero attached hydrogens (tertiary/aromatic N) is 2. The second-order valence-electron chi connectivity index (χ2n) is 7.22. The van der Waals surface area contributed by atoms with Gasteiger partial charge in [-0.25, -0.2) is 4.98 Å². The van der Waals surface area contributed by atoms with Crippen LogP contribution in [-0.2, 0) is 4.79 Å². The van der Waals surface area contributed by atoms with Crippen LogP contribution in [0.25, 0.3) is 31.6 Å². The van der Waals surface area contributed by atoms with Crippen LogP contribution in [0.1, 0.15) is 19.8 Å². The maximum atomic E-state index is 12.7. The Morgan fingerprint density at radius 2 is 1.89 bits per heavy atom. The Morgan fingerprint density at radius 3 is 2.68 bits per heavy atom. The molecule has 0 spiro atoms. The molecule has 1 amide bonds. The zero-order valence-corrected chi connectivity index (χ0v) is 16.3. The van der Waals surface area contributed by atoms with Crippen molar-refractivity contribution in [1.82, 2.24) is 4.98 Å². The molecule has 1 aliphatic carbocycles. The van der Waals surface area contributed by atoms with E-state index in [-0.39, 0.29) is 11.3 Å². The standard InChI is InChI=1S/C22H19N3O2S/c1-13(26)23-14-4-6-16-17(10-14)19(27)12-21-22(16)24-18-7-5-15(11-20(18)28-21)25-8-2-3-9-25/h4-7,10-12H,2-3,8-9H2,1H3,(H,23,26). The van der Waals surface area contributed by atoms with E-state index in [4.69, 9.17) is 4.98 Å². The molecule has 0 aromatic heterocycles. The first-order chi connectivity index (χ1) is 13.6. The smallest absolute Gasteiger partial charge is 0.221 e. The van der Waals surface area contributed by atoms with Crippen LogP contribution in [0.15, 0.2) is 47.3 Å². The van der Waals surface area contributed by atoms with Crippen LogP contribution in [-0.4, -0.2) is 24.0 Å². The third-order valence-electron chi connectivity index (χ3n) is 5.22. The SMILES string of the molecule is CC(=O)Nc1ccc2c3nc4ccc(N5CCCC5)cc4sc-3cc(=O)c2c1. The summed E-state index contributed by atoms with van der Waals surface area (Å²) in [5, 5.41) is 4.13. The van der Waals surface area contributed by atoms with Crippen molar-refractivity contribution in [2.24, 2.45) is 0 Å². The molecule has 1 N–H and O–H groups in total. The molecule has 0 saturated carbocycles. The van der Waals surface area contributed by atoms with Gasteiger partial charge in [0.2, 0.25) is 5.91 Å². The van der Waals surface area contributed by atoms with E-state index in [0.717, 1.165) is 39.3 Å². The first kappa shape index (κ1) is 17.1. The summed E-state index contributed by atoms with van der Waals surface area (Å²) in [7, 11) is 0. The number of hydrogen-bond donors (Lipinski definition) is 1.